The maximum atomic E-state index is 13.1. The Hall–Kier alpha value is -1.47. The molecule has 3 rings (SSSR count). The van der Waals surface area contributed by atoms with Crippen molar-refractivity contribution in [3.63, 3.8) is 0 Å². The molecule has 0 heterocycles. The Morgan fingerprint density at radius 3 is 2.24 bits per heavy atom. The standard InChI is InChI=1S/C18H29N3O4/c1-16(2)10-4-5-17(3,9-10)14(16)21(15(25)18(20)6-7-18)13(24)11(19)8-12(22)23/h10-11,14H,4-9,19-20H2,1-3H3,(H,22,23)/t10?,11-,14?,17?/m0/s1. The van der Waals surface area contributed by atoms with Crippen LogP contribution in [0.1, 0.15) is 59.3 Å². The fraction of sp³-hybridized carbons (Fsp3) is 0.833. The monoisotopic (exact) mass is 351 g/mol. The molecule has 3 aliphatic carbocycles. The number of nitrogens with zero attached hydrogens (tertiary/aromatic N) is 1. The van der Waals surface area contributed by atoms with Gasteiger partial charge in [0.2, 0.25) is 11.8 Å². The topological polar surface area (TPSA) is 127 Å². The fourth-order valence-electron chi connectivity index (χ4n) is 5.31. The molecule has 0 radical (unpaired) electrons. The first kappa shape index (κ1) is 18.3. The zero-order valence-corrected chi connectivity index (χ0v) is 15.2. The van der Waals surface area contributed by atoms with Crippen LogP contribution in [-0.2, 0) is 14.4 Å². The highest BCUT2D eigenvalue weighted by atomic mass is 16.4. The average molecular weight is 351 g/mol. The SMILES string of the molecule is CC12CCC(C1)C(C)(C)C2N(C(=O)[C@@H](N)CC(=O)O)C(=O)C1(N)CC1. The number of hydrogen-bond acceptors (Lipinski definition) is 5. The van der Waals surface area contributed by atoms with E-state index in [-0.39, 0.29) is 22.8 Å². The molecule has 3 fully saturated rings. The molecular weight excluding hydrogens is 322 g/mol. The van der Waals surface area contributed by atoms with Crippen molar-refractivity contribution >= 4 is 17.8 Å². The van der Waals surface area contributed by atoms with E-state index in [1.807, 2.05) is 0 Å². The summed E-state index contributed by atoms with van der Waals surface area (Å²) >= 11 is 0. The van der Waals surface area contributed by atoms with Crippen LogP contribution in [0, 0.1) is 16.7 Å². The Morgan fingerprint density at radius 1 is 1.20 bits per heavy atom. The minimum absolute atomic E-state index is 0.159. The number of rotatable bonds is 5. The molecule has 3 aliphatic rings. The first-order valence-corrected chi connectivity index (χ1v) is 9.06. The summed E-state index contributed by atoms with van der Waals surface area (Å²) in [6.45, 7) is 6.32. The Morgan fingerprint density at radius 2 is 1.80 bits per heavy atom. The van der Waals surface area contributed by atoms with E-state index in [0.29, 0.717) is 18.8 Å². The van der Waals surface area contributed by atoms with Crippen LogP contribution in [0.5, 0.6) is 0 Å². The van der Waals surface area contributed by atoms with Crippen molar-refractivity contribution in [3.05, 3.63) is 0 Å². The fourth-order valence-corrected chi connectivity index (χ4v) is 5.31. The number of carbonyl (C=O) groups is 3. The van der Waals surface area contributed by atoms with Gasteiger partial charge in [0.05, 0.1) is 24.0 Å². The quantitative estimate of drug-likeness (QED) is 0.674. The number of hydrogen-bond donors (Lipinski definition) is 3. The van der Waals surface area contributed by atoms with Gasteiger partial charge >= 0.3 is 5.97 Å². The van der Waals surface area contributed by atoms with Gasteiger partial charge in [-0.1, -0.05) is 20.8 Å². The average Bonchev–Trinajstić information content (AvgIpc) is 3.06. The van der Waals surface area contributed by atoms with Crippen molar-refractivity contribution in [3.8, 4) is 0 Å². The van der Waals surface area contributed by atoms with E-state index in [0.717, 1.165) is 19.3 Å². The summed E-state index contributed by atoms with van der Waals surface area (Å²) < 4.78 is 0. The van der Waals surface area contributed by atoms with E-state index in [4.69, 9.17) is 16.6 Å². The van der Waals surface area contributed by atoms with Crippen molar-refractivity contribution in [2.24, 2.45) is 28.2 Å². The molecule has 140 valence electrons. The first-order valence-electron chi connectivity index (χ1n) is 9.06. The van der Waals surface area contributed by atoms with Crippen LogP contribution in [0.25, 0.3) is 0 Å². The molecule has 3 unspecified atom stereocenters. The van der Waals surface area contributed by atoms with Gasteiger partial charge in [0.15, 0.2) is 0 Å². The number of nitrogens with two attached hydrogens (primary N) is 2. The normalized spacial score (nSPS) is 35.2. The minimum atomic E-state index is -1.23. The van der Waals surface area contributed by atoms with Gasteiger partial charge < -0.3 is 16.6 Å². The van der Waals surface area contributed by atoms with Gasteiger partial charge in [0.1, 0.15) is 0 Å². The predicted molar refractivity (Wildman–Crippen MR) is 91.3 cm³/mol. The highest BCUT2D eigenvalue weighted by Crippen LogP contribution is 2.64. The third kappa shape index (κ3) is 2.77. The number of imide groups is 1. The summed E-state index contributed by atoms with van der Waals surface area (Å²) in [4.78, 5) is 38.5. The van der Waals surface area contributed by atoms with Crippen molar-refractivity contribution in [2.45, 2.75) is 76.9 Å². The van der Waals surface area contributed by atoms with Gasteiger partial charge in [0.25, 0.3) is 0 Å². The van der Waals surface area contributed by atoms with Crippen LogP contribution in [0.3, 0.4) is 0 Å². The number of carboxylic acids is 1. The molecule has 25 heavy (non-hydrogen) atoms. The second kappa shape index (κ2) is 5.51. The zero-order valence-electron chi connectivity index (χ0n) is 15.2. The number of fused-ring (bicyclic) bond motifs is 2. The molecule has 5 N–H and O–H groups in total. The molecular formula is C18H29N3O4. The van der Waals surface area contributed by atoms with Crippen LogP contribution in [0.4, 0.5) is 0 Å². The summed E-state index contributed by atoms with van der Waals surface area (Å²) in [5.41, 5.74) is 10.6. The summed E-state index contributed by atoms with van der Waals surface area (Å²) in [7, 11) is 0. The molecule has 4 atom stereocenters. The van der Waals surface area contributed by atoms with E-state index in [1.54, 1.807) is 0 Å². The molecule has 7 heteroatoms. The van der Waals surface area contributed by atoms with Crippen LogP contribution in [0.15, 0.2) is 0 Å². The second-order valence-electron chi connectivity index (χ2n) is 9.19. The highest BCUT2D eigenvalue weighted by Gasteiger charge is 2.65. The van der Waals surface area contributed by atoms with Gasteiger partial charge in [-0.25, -0.2) is 0 Å². The Bertz CT molecular complexity index is 623. The Labute approximate surface area is 148 Å². The van der Waals surface area contributed by atoms with Crippen molar-refractivity contribution in [1.29, 1.82) is 0 Å². The van der Waals surface area contributed by atoms with E-state index in [9.17, 15) is 14.4 Å². The first-order chi connectivity index (χ1) is 11.4. The molecule has 0 aliphatic heterocycles. The molecule has 3 saturated carbocycles. The Kier molecular flexibility index (Phi) is 4.04. The largest absolute Gasteiger partial charge is 0.481 e. The smallest absolute Gasteiger partial charge is 0.305 e. The van der Waals surface area contributed by atoms with Gasteiger partial charge in [-0.2, -0.15) is 0 Å². The molecule has 0 saturated heterocycles. The number of aliphatic carboxylic acids is 1. The van der Waals surface area contributed by atoms with Crippen LogP contribution < -0.4 is 11.5 Å². The van der Waals surface area contributed by atoms with Crippen molar-refractivity contribution in [2.75, 3.05) is 0 Å². The molecule has 0 spiro atoms. The maximum Gasteiger partial charge on any atom is 0.305 e. The molecule has 2 amide bonds. The summed E-state index contributed by atoms with van der Waals surface area (Å²) in [5, 5.41) is 8.99. The summed E-state index contributed by atoms with van der Waals surface area (Å²) in [6.07, 6.45) is 3.62. The van der Waals surface area contributed by atoms with Gasteiger partial charge in [0, 0.05) is 0 Å². The van der Waals surface area contributed by atoms with E-state index in [1.165, 1.54) is 4.90 Å². The number of carbonyl (C=O) groups excluding carboxylic acids is 2. The van der Waals surface area contributed by atoms with Crippen LogP contribution in [0.2, 0.25) is 0 Å². The zero-order chi connectivity index (χ0) is 18.8. The highest BCUT2D eigenvalue weighted by molar-refractivity contribution is 6.04. The second-order valence-corrected chi connectivity index (χ2v) is 9.19. The predicted octanol–water partition coefficient (Wildman–Crippen LogP) is 0.850. The van der Waals surface area contributed by atoms with E-state index >= 15 is 0 Å². The van der Waals surface area contributed by atoms with Crippen molar-refractivity contribution < 1.29 is 19.5 Å². The van der Waals surface area contributed by atoms with Crippen LogP contribution in [-0.4, -0.2) is 45.4 Å². The maximum absolute atomic E-state index is 13.1. The molecule has 0 aromatic heterocycles. The van der Waals surface area contributed by atoms with E-state index in [2.05, 4.69) is 20.8 Å². The lowest BCUT2D eigenvalue weighted by Crippen LogP contribution is -2.63. The number of carboxylic acid groups (broad SMARTS) is 1. The van der Waals surface area contributed by atoms with Gasteiger partial charge in [-0.15, -0.1) is 0 Å². The molecule has 0 aromatic carbocycles. The van der Waals surface area contributed by atoms with E-state index < -0.39 is 29.9 Å². The third-order valence-electron chi connectivity index (χ3n) is 6.83. The lowest BCUT2D eigenvalue weighted by molar-refractivity contribution is -0.159. The lowest BCUT2D eigenvalue weighted by Gasteiger charge is -2.49. The summed E-state index contributed by atoms with van der Waals surface area (Å²) in [5.74, 6) is -1.70. The molecule has 2 bridgehead atoms. The van der Waals surface area contributed by atoms with Crippen molar-refractivity contribution in [1.82, 2.24) is 4.90 Å². The molecule has 7 nitrogen and oxygen atoms in total. The number of amides is 2. The minimum Gasteiger partial charge on any atom is -0.481 e. The lowest BCUT2D eigenvalue weighted by atomic mass is 9.67. The van der Waals surface area contributed by atoms with Gasteiger partial charge in [-0.05, 0) is 48.9 Å². The Balaban J connectivity index is 1.98. The summed E-state index contributed by atoms with van der Waals surface area (Å²) in [6, 6.07) is -1.53. The molecule has 0 aromatic rings. The van der Waals surface area contributed by atoms with Gasteiger partial charge in [-0.3, -0.25) is 19.3 Å². The van der Waals surface area contributed by atoms with Crippen LogP contribution >= 0.6 is 0 Å². The third-order valence-corrected chi connectivity index (χ3v) is 6.83.